The van der Waals surface area contributed by atoms with E-state index in [1.165, 1.54) is 18.2 Å². The number of carbonyl (C=O) groups excluding carboxylic acids is 1. The third kappa shape index (κ3) is 4.22. The van der Waals surface area contributed by atoms with Crippen molar-refractivity contribution in [2.75, 3.05) is 5.32 Å². The smallest absolute Gasteiger partial charge is 0.326 e. The van der Waals surface area contributed by atoms with Crippen molar-refractivity contribution in [3.05, 3.63) is 29.6 Å². The number of hydrogen-bond donors (Lipinski definition) is 3. The normalized spacial score (nSPS) is 12.7. The molecular formula is C14H19FN2O3. The summed E-state index contributed by atoms with van der Waals surface area (Å²) < 4.78 is 13.0. The molecule has 0 saturated heterocycles. The summed E-state index contributed by atoms with van der Waals surface area (Å²) in [5.41, 5.74) is 0.366. The van der Waals surface area contributed by atoms with Crippen molar-refractivity contribution in [2.24, 2.45) is 5.41 Å². The van der Waals surface area contributed by atoms with Crippen molar-refractivity contribution < 1.29 is 19.1 Å². The van der Waals surface area contributed by atoms with Gasteiger partial charge in [0.15, 0.2) is 0 Å². The summed E-state index contributed by atoms with van der Waals surface area (Å²) in [6.45, 7) is 6.80. The molecule has 0 radical (unpaired) electrons. The minimum Gasteiger partial charge on any atom is -0.480 e. The lowest BCUT2D eigenvalue weighted by atomic mass is 9.87. The molecule has 0 saturated carbocycles. The van der Waals surface area contributed by atoms with Gasteiger partial charge in [0.2, 0.25) is 0 Å². The van der Waals surface area contributed by atoms with Crippen LogP contribution in [0, 0.1) is 18.2 Å². The zero-order chi connectivity index (χ0) is 15.5. The van der Waals surface area contributed by atoms with Crippen LogP contribution in [-0.2, 0) is 4.79 Å². The fraction of sp³-hybridized carbons (Fsp3) is 0.429. The fourth-order valence-electron chi connectivity index (χ4n) is 1.71. The number of carboxylic acids is 1. The molecule has 3 N–H and O–H groups in total. The van der Waals surface area contributed by atoms with Gasteiger partial charge in [-0.2, -0.15) is 0 Å². The highest BCUT2D eigenvalue weighted by molar-refractivity contribution is 5.93. The number of nitrogens with one attached hydrogen (secondary N) is 2. The number of benzene rings is 1. The Morgan fingerprint density at radius 3 is 2.35 bits per heavy atom. The van der Waals surface area contributed by atoms with E-state index in [2.05, 4.69) is 10.6 Å². The summed E-state index contributed by atoms with van der Waals surface area (Å²) in [4.78, 5) is 23.0. The van der Waals surface area contributed by atoms with Gasteiger partial charge in [-0.05, 0) is 36.1 Å². The zero-order valence-electron chi connectivity index (χ0n) is 12.0. The number of rotatable bonds is 3. The number of halogens is 1. The molecule has 2 amide bonds. The highest BCUT2D eigenvalue weighted by Crippen LogP contribution is 2.20. The predicted molar refractivity (Wildman–Crippen MR) is 74.2 cm³/mol. The second-order valence-corrected chi connectivity index (χ2v) is 5.69. The van der Waals surface area contributed by atoms with Crippen LogP contribution in [0.15, 0.2) is 18.2 Å². The van der Waals surface area contributed by atoms with Crippen LogP contribution in [-0.4, -0.2) is 23.1 Å². The molecule has 1 unspecified atom stereocenters. The van der Waals surface area contributed by atoms with Gasteiger partial charge < -0.3 is 15.7 Å². The summed E-state index contributed by atoms with van der Waals surface area (Å²) in [5, 5.41) is 14.0. The molecule has 0 heterocycles. The Kier molecular flexibility index (Phi) is 4.70. The summed E-state index contributed by atoms with van der Waals surface area (Å²) in [5.74, 6) is -1.50. The zero-order valence-corrected chi connectivity index (χ0v) is 12.0. The number of urea groups is 1. The lowest BCUT2D eigenvalue weighted by Crippen LogP contribution is -2.50. The standard InChI is InChI=1S/C14H19FN2O3/c1-8-7-9(15)5-6-10(8)16-13(20)17-11(12(18)19)14(2,3)4/h5-7,11H,1-4H3,(H,18,19)(H2,16,17,20). The first-order valence-corrected chi connectivity index (χ1v) is 6.17. The Balaban J connectivity index is 2.79. The van der Waals surface area contributed by atoms with E-state index in [0.717, 1.165) is 0 Å². The number of carbonyl (C=O) groups is 2. The second-order valence-electron chi connectivity index (χ2n) is 5.69. The Morgan fingerprint density at radius 1 is 1.30 bits per heavy atom. The van der Waals surface area contributed by atoms with Gasteiger partial charge in [-0.1, -0.05) is 20.8 Å². The van der Waals surface area contributed by atoms with E-state index in [1.54, 1.807) is 27.7 Å². The number of anilines is 1. The van der Waals surface area contributed by atoms with Crippen LogP contribution in [0.5, 0.6) is 0 Å². The maximum absolute atomic E-state index is 13.0. The average molecular weight is 282 g/mol. The van der Waals surface area contributed by atoms with Crippen molar-refractivity contribution in [2.45, 2.75) is 33.7 Å². The Bertz CT molecular complexity index is 524. The van der Waals surface area contributed by atoms with E-state index in [9.17, 15) is 14.0 Å². The highest BCUT2D eigenvalue weighted by Gasteiger charge is 2.32. The van der Waals surface area contributed by atoms with Crippen LogP contribution < -0.4 is 10.6 Å². The van der Waals surface area contributed by atoms with Crippen molar-refractivity contribution in [3.8, 4) is 0 Å². The minimum atomic E-state index is -1.11. The Labute approximate surface area is 117 Å². The maximum Gasteiger partial charge on any atom is 0.326 e. The van der Waals surface area contributed by atoms with Gasteiger partial charge in [0.05, 0.1) is 0 Å². The summed E-state index contributed by atoms with van der Waals surface area (Å²) >= 11 is 0. The van der Waals surface area contributed by atoms with Gasteiger partial charge in [-0.15, -0.1) is 0 Å². The fourth-order valence-corrected chi connectivity index (χ4v) is 1.71. The number of carboxylic acid groups (broad SMARTS) is 1. The van der Waals surface area contributed by atoms with Crippen molar-refractivity contribution in [1.82, 2.24) is 5.32 Å². The molecule has 20 heavy (non-hydrogen) atoms. The van der Waals surface area contributed by atoms with Gasteiger partial charge in [-0.25, -0.2) is 14.0 Å². The molecule has 6 heteroatoms. The molecule has 110 valence electrons. The minimum absolute atomic E-state index is 0.397. The summed E-state index contributed by atoms with van der Waals surface area (Å²) in [6.07, 6.45) is 0. The SMILES string of the molecule is Cc1cc(F)ccc1NC(=O)NC(C(=O)O)C(C)(C)C. The van der Waals surface area contributed by atoms with Crippen LogP contribution >= 0.6 is 0 Å². The van der Waals surface area contributed by atoms with Crippen molar-refractivity contribution in [3.63, 3.8) is 0 Å². The first-order valence-electron chi connectivity index (χ1n) is 6.17. The van der Waals surface area contributed by atoms with Crippen molar-refractivity contribution in [1.29, 1.82) is 0 Å². The second kappa shape index (κ2) is 5.90. The van der Waals surface area contributed by atoms with Crippen LogP contribution in [0.2, 0.25) is 0 Å². The molecule has 0 aromatic heterocycles. The van der Waals surface area contributed by atoms with Crippen LogP contribution in [0.1, 0.15) is 26.3 Å². The lowest BCUT2D eigenvalue weighted by molar-refractivity contribution is -0.141. The van der Waals surface area contributed by atoms with Gasteiger partial charge in [0.25, 0.3) is 0 Å². The molecule has 5 nitrogen and oxygen atoms in total. The maximum atomic E-state index is 13.0. The molecule has 0 fully saturated rings. The molecule has 0 aliphatic heterocycles. The number of amides is 2. The Morgan fingerprint density at radius 2 is 1.90 bits per heavy atom. The Hall–Kier alpha value is -2.11. The molecule has 0 aliphatic rings. The van der Waals surface area contributed by atoms with Crippen LogP contribution in [0.3, 0.4) is 0 Å². The molecular weight excluding hydrogens is 263 g/mol. The third-order valence-corrected chi connectivity index (χ3v) is 2.83. The third-order valence-electron chi connectivity index (χ3n) is 2.83. The molecule has 0 aliphatic carbocycles. The van der Waals surface area contributed by atoms with Gasteiger partial charge in [-0.3, -0.25) is 0 Å². The molecule has 1 atom stereocenters. The first-order chi connectivity index (χ1) is 9.11. The van der Waals surface area contributed by atoms with Crippen LogP contribution in [0.25, 0.3) is 0 Å². The van der Waals surface area contributed by atoms with E-state index in [0.29, 0.717) is 11.3 Å². The molecule has 1 rings (SSSR count). The van der Waals surface area contributed by atoms with E-state index in [1.807, 2.05) is 0 Å². The lowest BCUT2D eigenvalue weighted by Gasteiger charge is -2.27. The van der Waals surface area contributed by atoms with E-state index in [4.69, 9.17) is 5.11 Å². The van der Waals surface area contributed by atoms with Gasteiger partial charge in [0.1, 0.15) is 11.9 Å². The molecule has 0 spiro atoms. The molecule has 1 aromatic carbocycles. The van der Waals surface area contributed by atoms with Gasteiger partial charge >= 0.3 is 12.0 Å². The first kappa shape index (κ1) is 15.9. The monoisotopic (exact) mass is 282 g/mol. The summed E-state index contributed by atoms with van der Waals surface area (Å²) in [7, 11) is 0. The predicted octanol–water partition coefficient (Wildman–Crippen LogP) is 2.75. The van der Waals surface area contributed by atoms with Crippen molar-refractivity contribution >= 4 is 17.7 Å². The van der Waals surface area contributed by atoms with E-state index >= 15 is 0 Å². The number of hydrogen-bond acceptors (Lipinski definition) is 2. The molecule has 0 bridgehead atoms. The van der Waals surface area contributed by atoms with E-state index in [-0.39, 0.29) is 0 Å². The highest BCUT2D eigenvalue weighted by atomic mass is 19.1. The topological polar surface area (TPSA) is 78.4 Å². The molecule has 1 aromatic rings. The summed E-state index contributed by atoms with van der Waals surface area (Å²) in [6, 6.07) is 2.27. The largest absolute Gasteiger partial charge is 0.480 e. The van der Waals surface area contributed by atoms with Crippen LogP contribution in [0.4, 0.5) is 14.9 Å². The quantitative estimate of drug-likeness (QED) is 0.797. The average Bonchev–Trinajstić information content (AvgIpc) is 2.28. The number of aryl methyl sites for hydroxylation is 1. The number of aliphatic carboxylic acids is 1. The van der Waals surface area contributed by atoms with E-state index < -0.39 is 29.3 Å². The van der Waals surface area contributed by atoms with Gasteiger partial charge in [0, 0.05) is 5.69 Å².